The Bertz CT molecular complexity index is 353. The molecule has 2 fully saturated rings. The van der Waals surface area contributed by atoms with E-state index in [1.54, 1.807) is 11.9 Å². The van der Waals surface area contributed by atoms with Gasteiger partial charge in [0.25, 0.3) is 0 Å². The molecule has 2 amide bonds. The maximum Gasteiger partial charge on any atom is 0.249 e. The second kappa shape index (κ2) is 7.07. The van der Waals surface area contributed by atoms with Crippen LogP contribution in [0.5, 0.6) is 0 Å². The molecule has 0 aromatic carbocycles. The van der Waals surface area contributed by atoms with Gasteiger partial charge in [-0.3, -0.25) is 9.59 Å². The Morgan fingerprint density at radius 3 is 2.65 bits per heavy atom. The van der Waals surface area contributed by atoms with Crippen LogP contribution in [-0.4, -0.2) is 48.6 Å². The lowest BCUT2D eigenvalue weighted by atomic mass is 9.97. The highest BCUT2D eigenvalue weighted by Crippen LogP contribution is 2.22. The molecule has 5 heteroatoms. The summed E-state index contributed by atoms with van der Waals surface area (Å²) in [6.45, 7) is 2.57. The van der Waals surface area contributed by atoms with Crippen LogP contribution in [0.15, 0.2) is 0 Å². The highest BCUT2D eigenvalue weighted by Gasteiger charge is 2.30. The molecular weight excluding hydrogens is 256 g/mol. The molecule has 20 heavy (non-hydrogen) atoms. The monoisotopic (exact) mass is 282 g/mol. The van der Waals surface area contributed by atoms with Crippen LogP contribution >= 0.6 is 0 Å². The Morgan fingerprint density at radius 1 is 1.40 bits per heavy atom. The lowest BCUT2D eigenvalue weighted by Gasteiger charge is -2.27. The fourth-order valence-electron chi connectivity index (χ4n) is 3.03. The number of nitrogens with zero attached hydrogens (tertiary/aromatic N) is 1. The predicted octanol–water partition coefficient (Wildman–Crippen LogP) is 1.46. The molecule has 1 saturated heterocycles. The second-order valence-electron chi connectivity index (χ2n) is 5.98. The number of hydrogen-bond acceptors (Lipinski definition) is 3. The lowest BCUT2D eigenvalue weighted by molar-refractivity contribution is -0.139. The highest BCUT2D eigenvalue weighted by molar-refractivity contribution is 5.84. The minimum absolute atomic E-state index is 0.0637. The first kappa shape index (κ1) is 15.3. The fourth-order valence-corrected chi connectivity index (χ4v) is 3.03. The first-order valence-electron chi connectivity index (χ1n) is 7.80. The summed E-state index contributed by atoms with van der Waals surface area (Å²) in [5.74, 6) is 0.0303. The van der Waals surface area contributed by atoms with E-state index >= 15 is 0 Å². The Labute approximate surface area is 121 Å². The minimum Gasteiger partial charge on any atom is -0.365 e. The van der Waals surface area contributed by atoms with Crippen LogP contribution in [0.4, 0.5) is 0 Å². The Hall–Kier alpha value is -1.10. The molecular formula is C15H26N2O3. The van der Waals surface area contributed by atoms with E-state index in [0.29, 0.717) is 19.4 Å². The molecule has 1 N–H and O–H groups in total. The number of carbonyl (C=O) groups is 2. The summed E-state index contributed by atoms with van der Waals surface area (Å²) in [4.78, 5) is 25.4. The summed E-state index contributed by atoms with van der Waals surface area (Å²) < 4.78 is 5.96. The van der Waals surface area contributed by atoms with E-state index in [-0.39, 0.29) is 30.1 Å². The zero-order valence-electron chi connectivity index (χ0n) is 12.6. The van der Waals surface area contributed by atoms with Crippen LogP contribution in [0.1, 0.15) is 51.9 Å². The normalized spacial score (nSPS) is 25.8. The fraction of sp³-hybridized carbons (Fsp3) is 0.867. The van der Waals surface area contributed by atoms with E-state index < -0.39 is 0 Å². The maximum atomic E-state index is 12.3. The molecule has 1 saturated carbocycles. The number of hydrogen-bond donors (Lipinski definition) is 1. The van der Waals surface area contributed by atoms with Crippen molar-refractivity contribution in [2.75, 3.05) is 13.6 Å². The van der Waals surface area contributed by atoms with E-state index in [1.807, 2.05) is 6.92 Å². The molecule has 1 aliphatic carbocycles. The van der Waals surface area contributed by atoms with Crippen LogP contribution in [-0.2, 0) is 14.3 Å². The van der Waals surface area contributed by atoms with Gasteiger partial charge in [-0.05, 0) is 19.3 Å². The van der Waals surface area contributed by atoms with Gasteiger partial charge in [0.1, 0.15) is 6.10 Å². The van der Waals surface area contributed by atoms with Crippen molar-refractivity contribution in [3.63, 3.8) is 0 Å². The van der Waals surface area contributed by atoms with Crippen LogP contribution in [0.3, 0.4) is 0 Å². The summed E-state index contributed by atoms with van der Waals surface area (Å²) in [6, 6.07) is -0.0657. The predicted molar refractivity (Wildman–Crippen MR) is 76.2 cm³/mol. The minimum atomic E-state index is -0.376. The van der Waals surface area contributed by atoms with Gasteiger partial charge in [0.15, 0.2) is 0 Å². The molecule has 1 aliphatic heterocycles. The van der Waals surface area contributed by atoms with Gasteiger partial charge >= 0.3 is 0 Å². The van der Waals surface area contributed by atoms with Crippen molar-refractivity contribution < 1.29 is 14.3 Å². The van der Waals surface area contributed by atoms with Gasteiger partial charge in [0, 0.05) is 20.0 Å². The summed E-state index contributed by atoms with van der Waals surface area (Å²) in [5.41, 5.74) is 0. The topological polar surface area (TPSA) is 58.6 Å². The molecule has 1 heterocycles. The lowest BCUT2D eigenvalue weighted by Crippen LogP contribution is -2.44. The number of likely N-dealkylation sites (N-methyl/N-ethyl adjacent to an activating group) is 1. The average molecular weight is 282 g/mol. The van der Waals surface area contributed by atoms with Gasteiger partial charge in [-0.2, -0.15) is 0 Å². The standard InChI is InChI=1S/C15H26N2O3/c1-3-13(20-12-7-5-4-6-8-12)15(19)16-11-9-14(18)17(2)10-11/h11-13H,3-10H2,1-2H3,(H,16,19)/t11-,13-/m1/s1. The van der Waals surface area contributed by atoms with Crippen LogP contribution < -0.4 is 5.32 Å². The number of likely N-dealkylation sites (tertiary alicyclic amines) is 1. The largest absolute Gasteiger partial charge is 0.365 e. The van der Waals surface area contributed by atoms with Crippen molar-refractivity contribution in [1.82, 2.24) is 10.2 Å². The number of nitrogens with one attached hydrogen (secondary N) is 1. The van der Waals surface area contributed by atoms with E-state index in [0.717, 1.165) is 12.8 Å². The van der Waals surface area contributed by atoms with Crippen molar-refractivity contribution in [3.8, 4) is 0 Å². The third-order valence-electron chi connectivity index (χ3n) is 4.26. The third-order valence-corrected chi connectivity index (χ3v) is 4.26. The molecule has 0 bridgehead atoms. The quantitative estimate of drug-likeness (QED) is 0.830. The Morgan fingerprint density at radius 2 is 2.10 bits per heavy atom. The zero-order chi connectivity index (χ0) is 14.5. The van der Waals surface area contributed by atoms with Crippen LogP contribution in [0.2, 0.25) is 0 Å². The first-order valence-corrected chi connectivity index (χ1v) is 7.80. The number of amides is 2. The van der Waals surface area contributed by atoms with Crippen molar-refractivity contribution in [2.45, 2.75) is 70.1 Å². The SMILES string of the molecule is CC[C@@H](OC1CCCCC1)C(=O)N[C@@H]1CC(=O)N(C)C1. The van der Waals surface area contributed by atoms with Crippen molar-refractivity contribution in [2.24, 2.45) is 0 Å². The molecule has 0 unspecified atom stereocenters. The first-order chi connectivity index (χ1) is 9.60. The van der Waals surface area contributed by atoms with Crippen molar-refractivity contribution in [1.29, 1.82) is 0 Å². The zero-order valence-corrected chi connectivity index (χ0v) is 12.6. The number of ether oxygens (including phenoxy) is 1. The van der Waals surface area contributed by atoms with Crippen molar-refractivity contribution >= 4 is 11.8 Å². The van der Waals surface area contributed by atoms with Gasteiger partial charge in [-0.25, -0.2) is 0 Å². The molecule has 114 valence electrons. The van der Waals surface area contributed by atoms with E-state index in [1.165, 1.54) is 19.3 Å². The molecule has 0 aromatic rings. The molecule has 0 aromatic heterocycles. The number of carbonyl (C=O) groups excluding carboxylic acids is 2. The summed E-state index contributed by atoms with van der Waals surface area (Å²) in [7, 11) is 1.77. The molecule has 2 atom stereocenters. The van der Waals surface area contributed by atoms with Gasteiger partial charge in [0.05, 0.1) is 12.1 Å². The van der Waals surface area contributed by atoms with Crippen molar-refractivity contribution in [3.05, 3.63) is 0 Å². The molecule has 0 spiro atoms. The molecule has 5 nitrogen and oxygen atoms in total. The van der Waals surface area contributed by atoms with E-state index in [4.69, 9.17) is 4.74 Å². The van der Waals surface area contributed by atoms with Gasteiger partial charge < -0.3 is 15.0 Å². The van der Waals surface area contributed by atoms with Gasteiger partial charge in [-0.15, -0.1) is 0 Å². The summed E-state index contributed by atoms with van der Waals surface area (Å²) in [6.07, 6.45) is 6.74. The summed E-state index contributed by atoms with van der Waals surface area (Å²) in [5, 5.41) is 2.95. The second-order valence-corrected chi connectivity index (χ2v) is 5.98. The molecule has 2 aliphatic rings. The molecule has 0 radical (unpaired) electrons. The average Bonchev–Trinajstić information content (AvgIpc) is 2.75. The van der Waals surface area contributed by atoms with Crippen LogP contribution in [0, 0.1) is 0 Å². The van der Waals surface area contributed by atoms with E-state index in [9.17, 15) is 9.59 Å². The van der Waals surface area contributed by atoms with Crippen LogP contribution in [0.25, 0.3) is 0 Å². The van der Waals surface area contributed by atoms with E-state index in [2.05, 4.69) is 5.32 Å². The summed E-state index contributed by atoms with van der Waals surface area (Å²) >= 11 is 0. The highest BCUT2D eigenvalue weighted by atomic mass is 16.5. The Kier molecular flexibility index (Phi) is 5.40. The smallest absolute Gasteiger partial charge is 0.249 e. The van der Waals surface area contributed by atoms with Gasteiger partial charge in [0.2, 0.25) is 11.8 Å². The Balaban J connectivity index is 1.80. The molecule has 2 rings (SSSR count). The van der Waals surface area contributed by atoms with Gasteiger partial charge in [-0.1, -0.05) is 26.2 Å². The third kappa shape index (κ3) is 3.95. The number of rotatable bonds is 5. The maximum absolute atomic E-state index is 12.3.